The number of benzene rings is 2. The molecule has 0 saturated carbocycles. The fraction of sp³-hybridized carbons (Fsp3) is 0.263. The van der Waals surface area contributed by atoms with Gasteiger partial charge in [-0.25, -0.2) is 0 Å². The molecule has 21 heavy (non-hydrogen) atoms. The van der Waals surface area contributed by atoms with Crippen LogP contribution in [0.5, 0.6) is 0 Å². The van der Waals surface area contributed by atoms with E-state index in [0.29, 0.717) is 0 Å². The molecule has 1 heterocycles. The Labute approximate surface area is 125 Å². The standard InChI is InChI=1S/C19H21NO/c1-13-17-11-7-8-12-18(17)21-19(13)15(3)20-14(2)16-9-5-4-6-10-16/h4-12,14-15,20H,1-3H3. The van der Waals surface area contributed by atoms with Crippen LogP contribution >= 0.6 is 0 Å². The summed E-state index contributed by atoms with van der Waals surface area (Å²) in [4.78, 5) is 0. The molecule has 0 spiro atoms. The van der Waals surface area contributed by atoms with Gasteiger partial charge in [0.25, 0.3) is 0 Å². The van der Waals surface area contributed by atoms with Crippen LogP contribution in [0.2, 0.25) is 0 Å². The van der Waals surface area contributed by atoms with Gasteiger partial charge in [0.1, 0.15) is 11.3 Å². The van der Waals surface area contributed by atoms with Crippen LogP contribution in [0.25, 0.3) is 11.0 Å². The molecule has 0 aliphatic rings. The lowest BCUT2D eigenvalue weighted by Gasteiger charge is -2.19. The Hall–Kier alpha value is -2.06. The van der Waals surface area contributed by atoms with Crippen molar-refractivity contribution in [3.63, 3.8) is 0 Å². The van der Waals surface area contributed by atoms with Crippen LogP contribution in [-0.2, 0) is 0 Å². The van der Waals surface area contributed by atoms with Crippen molar-refractivity contribution < 1.29 is 4.42 Å². The molecular weight excluding hydrogens is 258 g/mol. The Bertz CT molecular complexity index is 730. The summed E-state index contributed by atoms with van der Waals surface area (Å²) in [5, 5.41) is 4.82. The molecule has 2 heteroatoms. The zero-order valence-corrected chi connectivity index (χ0v) is 12.8. The Morgan fingerprint density at radius 3 is 2.24 bits per heavy atom. The molecule has 0 bridgehead atoms. The van der Waals surface area contributed by atoms with Crippen LogP contribution in [-0.4, -0.2) is 0 Å². The van der Waals surface area contributed by atoms with Crippen molar-refractivity contribution in [3.8, 4) is 0 Å². The van der Waals surface area contributed by atoms with E-state index in [2.05, 4.69) is 62.5 Å². The lowest BCUT2D eigenvalue weighted by atomic mass is 10.1. The average molecular weight is 279 g/mol. The molecule has 0 aliphatic heterocycles. The predicted octanol–water partition coefficient (Wildman–Crippen LogP) is 5.15. The third kappa shape index (κ3) is 2.72. The van der Waals surface area contributed by atoms with Crippen LogP contribution < -0.4 is 5.32 Å². The monoisotopic (exact) mass is 279 g/mol. The Balaban J connectivity index is 1.84. The highest BCUT2D eigenvalue weighted by atomic mass is 16.3. The molecule has 2 aromatic carbocycles. The largest absolute Gasteiger partial charge is 0.459 e. The molecule has 0 radical (unpaired) electrons. The Morgan fingerprint density at radius 2 is 1.52 bits per heavy atom. The summed E-state index contributed by atoms with van der Waals surface area (Å²) in [5.74, 6) is 1.03. The van der Waals surface area contributed by atoms with Gasteiger partial charge in [-0.1, -0.05) is 48.5 Å². The Morgan fingerprint density at radius 1 is 0.857 bits per heavy atom. The van der Waals surface area contributed by atoms with E-state index in [-0.39, 0.29) is 12.1 Å². The molecule has 3 aromatic rings. The van der Waals surface area contributed by atoms with Crippen molar-refractivity contribution in [3.05, 3.63) is 71.5 Å². The summed E-state index contributed by atoms with van der Waals surface area (Å²) in [6.45, 7) is 6.47. The van der Waals surface area contributed by atoms with E-state index in [1.165, 1.54) is 16.5 Å². The minimum Gasteiger partial charge on any atom is -0.459 e. The maximum Gasteiger partial charge on any atom is 0.134 e. The molecule has 0 saturated heterocycles. The summed E-state index contributed by atoms with van der Waals surface area (Å²) in [6.07, 6.45) is 0. The van der Waals surface area contributed by atoms with E-state index < -0.39 is 0 Å². The fourth-order valence-electron chi connectivity index (χ4n) is 2.89. The van der Waals surface area contributed by atoms with Gasteiger partial charge in [0, 0.05) is 11.4 Å². The van der Waals surface area contributed by atoms with Crippen molar-refractivity contribution in [2.45, 2.75) is 32.9 Å². The van der Waals surface area contributed by atoms with Crippen LogP contribution in [0.1, 0.15) is 42.8 Å². The van der Waals surface area contributed by atoms with Crippen LogP contribution in [0, 0.1) is 6.92 Å². The maximum atomic E-state index is 6.03. The van der Waals surface area contributed by atoms with E-state index in [9.17, 15) is 0 Å². The van der Waals surface area contributed by atoms with Crippen molar-refractivity contribution in [2.24, 2.45) is 0 Å². The van der Waals surface area contributed by atoms with Gasteiger partial charge in [-0.3, -0.25) is 0 Å². The highest BCUT2D eigenvalue weighted by Gasteiger charge is 2.18. The number of nitrogens with one attached hydrogen (secondary N) is 1. The molecule has 0 aliphatic carbocycles. The number of rotatable bonds is 4. The van der Waals surface area contributed by atoms with Gasteiger partial charge in [-0.15, -0.1) is 0 Å². The minimum atomic E-state index is 0.174. The highest BCUT2D eigenvalue weighted by Crippen LogP contribution is 2.30. The molecule has 1 N–H and O–H groups in total. The second kappa shape index (κ2) is 5.74. The van der Waals surface area contributed by atoms with Gasteiger partial charge >= 0.3 is 0 Å². The number of furan rings is 1. The predicted molar refractivity (Wildman–Crippen MR) is 87.4 cm³/mol. The second-order valence-electron chi connectivity index (χ2n) is 5.61. The first-order valence-electron chi connectivity index (χ1n) is 7.46. The molecule has 1 aromatic heterocycles. The zero-order chi connectivity index (χ0) is 14.8. The highest BCUT2D eigenvalue weighted by molar-refractivity contribution is 5.82. The molecule has 0 amide bonds. The number of para-hydroxylation sites is 1. The van der Waals surface area contributed by atoms with Crippen molar-refractivity contribution in [2.75, 3.05) is 0 Å². The fourth-order valence-corrected chi connectivity index (χ4v) is 2.89. The second-order valence-corrected chi connectivity index (χ2v) is 5.61. The molecular formula is C19H21NO. The molecule has 2 unspecified atom stereocenters. The molecule has 2 nitrogen and oxygen atoms in total. The first kappa shape index (κ1) is 13.9. The van der Waals surface area contributed by atoms with E-state index >= 15 is 0 Å². The van der Waals surface area contributed by atoms with Gasteiger partial charge in [-0.2, -0.15) is 0 Å². The van der Waals surface area contributed by atoms with Gasteiger partial charge in [0.05, 0.1) is 6.04 Å². The molecule has 0 fully saturated rings. The maximum absolute atomic E-state index is 6.03. The Kier molecular flexibility index (Phi) is 3.80. The molecule has 2 atom stereocenters. The minimum absolute atomic E-state index is 0.174. The van der Waals surface area contributed by atoms with Crippen LogP contribution in [0.4, 0.5) is 0 Å². The SMILES string of the molecule is Cc1c(C(C)NC(C)c2ccccc2)oc2ccccc12. The number of hydrogen-bond donors (Lipinski definition) is 1. The van der Waals surface area contributed by atoms with Crippen molar-refractivity contribution >= 4 is 11.0 Å². The smallest absolute Gasteiger partial charge is 0.134 e. The number of fused-ring (bicyclic) bond motifs is 1. The van der Waals surface area contributed by atoms with Crippen molar-refractivity contribution in [1.29, 1.82) is 0 Å². The molecule has 108 valence electrons. The lowest BCUT2D eigenvalue weighted by Crippen LogP contribution is -2.22. The van der Waals surface area contributed by atoms with E-state index in [0.717, 1.165) is 11.3 Å². The van der Waals surface area contributed by atoms with Gasteiger partial charge in [0.2, 0.25) is 0 Å². The first-order valence-corrected chi connectivity index (χ1v) is 7.46. The average Bonchev–Trinajstić information content (AvgIpc) is 2.86. The van der Waals surface area contributed by atoms with E-state index in [1.54, 1.807) is 0 Å². The van der Waals surface area contributed by atoms with Crippen molar-refractivity contribution in [1.82, 2.24) is 5.32 Å². The van der Waals surface area contributed by atoms with E-state index in [4.69, 9.17) is 4.42 Å². The summed E-state index contributed by atoms with van der Waals surface area (Å²) in [6, 6.07) is 19.2. The zero-order valence-electron chi connectivity index (χ0n) is 12.8. The third-order valence-electron chi connectivity index (χ3n) is 4.07. The topological polar surface area (TPSA) is 25.2 Å². The normalized spacial score (nSPS) is 14.2. The summed E-state index contributed by atoms with van der Waals surface area (Å²) >= 11 is 0. The molecule has 3 rings (SSSR count). The summed E-state index contributed by atoms with van der Waals surface area (Å²) in [5.41, 5.74) is 3.48. The van der Waals surface area contributed by atoms with E-state index in [1.807, 2.05) is 18.2 Å². The third-order valence-corrected chi connectivity index (χ3v) is 4.07. The number of aryl methyl sites for hydroxylation is 1. The number of hydrogen-bond acceptors (Lipinski definition) is 2. The van der Waals surface area contributed by atoms with Crippen LogP contribution in [0.15, 0.2) is 59.0 Å². The lowest BCUT2D eigenvalue weighted by molar-refractivity contribution is 0.415. The van der Waals surface area contributed by atoms with Gasteiger partial charge in [-0.05, 0) is 38.0 Å². The van der Waals surface area contributed by atoms with Gasteiger partial charge in [0.15, 0.2) is 0 Å². The summed E-state index contributed by atoms with van der Waals surface area (Å²) in [7, 11) is 0. The van der Waals surface area contributed by atoms with Gasteiger partial charge < -0.3 is 9.73 Å². The first-order chi connectivity index (χ1) is 10.2. The van der Waals surface area contributed by atoms with Crippen LogP contribution in [0.3, 0.4) is 0 Å². The summed E-state index contributed by atoms with van der Waals surface area (Å²) < 4.78 is 6.03. The quantitative estimate of drug-likeness (QED) is 0.714.